The Morgan fingerprint density at radius 2 is 1.96 bits per heavy atom. The fourth-order valence-corrected chi connectivity index (χ4v) is 3.12. The number of hydrogen-bond donors (Lipinski definition) is 1. The van der Waals surface area contributed by atoms with Crippen molar-refractivity contribution in [2.45, 2.75) is 13.3 Å². The highest BCUT2D eigenvalue weighted by molar-refractivity contribution is 5.99. The predicted octanol–water partition coefficient (Wildman–Crippen LogP) is 3.98. The molecule has 1 unspecified atom stereocenters. The first-order valence-corrected chi connectivity index (χ1v) is 9.05. The van der Waals surface area contributed by atoms with Gasteiger partial charge in [-0.1, -0.05) is 30.3 Å². The van der Waals surface area contributed by atoms with Crippen LogP contribution in [-0.2, 0) is 16.0 Å². The van der Waals surface area contributed by atoms with Crippen molar-refractivity contribution in [2.24, 2.45) is 5.92 Å². The van der Waals surface area contributed by atoms with E-state index in [0.29, 0.717) is 36.0 Å². The lowest BCUT2D eigenvalue weighted by Gasteiger charge is -2.18. The lowest BCUT2D eigenvalue weighted by atomic mass is 9.99. The van der Waals surface area contributed by atoms with E-state index in [1.54, 1.807) is 25.3 Å². The SMILES string of the molecule is CCOC(=O)C(CNc1ccc([N+](=O)[O-])c2cnccc12)Cc1ccccc1. The minimum Gasteiger partial charge on any atom is -0.466 e. The van der Waals surface area contributed by atoms with Crippen LogP contribution in [0.3, 0.4) is 0 Å². The average molecular weight is 379 g/mol. The molecular formula is C21H21N3O4. The maximum Gasteiger partial charge on any atom is 0.311 e. The fraction of sp³-hybridized carbons (Fsp3) is 0.238. The third kappa shape index (κ3) is 4.43. The van der Waals surface area contributed by atoms with Crippen molar-refractivity contribution < 1.29 is 14.5 Å². The van der Waals surface area contributed by atoms with Crippen LogP contribution in [0.5, 0.6) is 0 Å². The fourth-order valence-electron chi connectivity index (χ4n) is 3.12. The first-order valence-electron chi connectivity index (χ1n) is 9.05. The van der Waals surface area contributed by atoms with Crippen molar-refractivity contribution >= 4 is 28.1 Å². The molecule has 7 heteroatoms. The molecule has 0 radical (unpaired) electrons. The van der Waals surface area contributed by atoms with Crippen molar-refractivity contribution in [3.8, 4) is 0 Å². The van der Waals surface area contributed by atoms with Crippen LogP contribution >= 0.6 is 0 Å². The molecule has 0 fully saturated rings. The van der Waals surface area contributed by atoms with Crippen molar-refractivity contribution in [3.63, 3.8) is 0 Å². The van der Waals surface area contributed by atoms with E-state index in [2.05, 4.69) is 10.3 Å². The van der Waals surface area contributed by atoms with Gasteiger partial charge in [-0.25, -0.2) is 0 Å². The zero-order valence-corrected chi connectivity index (χ0v) is 15.5. The van der Waals surface area contributed by atoms with Gasteiger partial charge in [0.25, 0.3) is 5.69 Å². The van der Waals surface area contributed by atoms with E-state index >= 15 is 0 Å². The molecule has 0 spiro atoms. The molecule has 3 rings (SSSR count). The van der Waals surface area contributed by atoms with E-state index in [-0.39, 0.29) is 17.6 Å². The van der Waals surface area contributed by atoms with Gasteiger partial charge in [-0.05, 0) is 31.0 Å². The van der Waals surface area contributed by atoms with E-state index in [1.807, 2.05) is 30.3 Å². The standard InChI is InChI=1S/C21H21N3O4/c1-2-28-21(25)16(12-15-6-4-3-5-7-15)13-23-19-8-9-20(24(26)27)18-14-22-11-10-17(18)19/h3-11,14,16,23H,2,12-13H2,1H3. The molecule has 1 heterocycles. The van der Waals surface area contributed by atoms with E-state index in [0.717, 1.165) is 5.56 Å². The van der Waals surface area contributed by atoms with Crippen molar-refractivity contribution in [3.05, 3.63) is 76.6 Å². The van der Waals surface area contributed by atoms with Gasteiger partial charge in [0.2, 0.25) is 0 Å². The summed E-state index contributed by atoms with van der Waals surface area (Å²) in [4.78, 5) is 27.2. The van der Waals surface area contributed by atoms with Gasteiger partial charge in [0.15, 0.2) is 0 Å². The highest BCUT2D eigenvalue weighted by Crippen LogP contribution is 2.31. The molecule has 0 saturated carbocycles. The number of carbonyl (C=O) groups excluding carboxylic acids is 1. The summed E-state index contributed by atoms with van der Waals surface area (Å²) >= 11 is 0. The number of hydrogen-bond acceptors (Lipinski definition) is 6. The topological polar surface area (TPSA) is 94.4 Å². The number of benzene rings is 2. The first kappa shape index (κ1) is 19.3. The Kier molecular flexibility index (Phi) is 6.16. The number of aromatic nitrogens is 1. The molecule has 1 aromatic heterocycles. The molecule has 2 aromatic carbocycles. The third-order valence-electron chi connectivity index (χ3n) is 4.48. The Morgan fingerprint density at radius 3 is 2.68 bits per heavy atom. The van der Waals surface area contributed by atoms with Crippen LogP contribution in [0.4, 0.5) is 11.4 Å². The lowest BCUT2D eigenvalue weighted by molar-refractivity contribution is -0.383. The molecule has 0 aliphatic carbocycles. The number of anilines is 1. The number of nitrogens with zero attached hydrogens (tertiary/aromatic N) is 2. The molecule has 3 aromatic rings. The smallest absolute Gasteiger partial charge is 0.311 e. The highest BCUT2D eigenvalue weighted by Gasteiger charge is 2.21. The maximum absolute atomic E-state index is 12.4. The molecule has 1 atom stereocenters. The van der Waals surface area contributed by atoms with E-state index < -0.39 is 4.92 Å². The summed E-state index contributed by atoms with van der Waals surface area (Å²) in [5.41, 5.74) is 1.75. The molecule has 0 aliphatic rings. The second kappa shape index (κ2) is 8.94. The largest absolute Gasteiger partial charge is 0.466 e. The normalized spacial score (nSPS) is 11.8. The second-order valence-corrected chi connectivity index (χ2v) is 6.33. The number of nitro benzene ring substituents is 1. The van der Waals surface area contributed by atoms with Gasteiger partial charge in [0.05, 0.1) is 22.8 Å². The molecule has 0 bridgehead atoms. The van der Waals surface area contributed by atoms with Crippen LogP contribution in [0.2, 0.25) is 0 Å². The van der Waals surface area contributed by atoms with Crippen LogP contribution in [-0.4, -0.2) is 29.0 Å². The van der Waals surface area contributed by atoms with Crippen molar-refractivity contribution in [1.29, 1.82) is 0 Å². The third-order valence-corrected chi connectivity index (χ3v) is 4.48. The maximum atomic E-state index is 12.4. The van der Waals surface area contributed by atoms with Gasteiger partial charge in [0, 0.05) is 36.1 Å². The molecule has 28 heavy (non-hydrogen) atoms. The summed E-state index contributed by atoms with van der Waals surface area (Å²) < 4.78 is 5.22. The summed E-state index contributed by atoms with van der Waals surface area (Å²) in [6.07, 6.45) is 3.61. The summed E-state index contributed by atoms with van der Waals surface area (Å²) in [6.45, 7) is 2.45. The zero-order valence-electron chi connectivity index (χ0n) is 15.5. The van der Waals surface area contributed by atoms with Crippen LogP contribution < -0.4 is 5.32 Å². The summed E-state index contributed by atoms with van der Waals surface area (Å²) in [5.74, 6) is -0.652. The quantitative estimate of drug-likeness (QED) is 0.361. The molecule has 1 N–H and O–H groups in total. The Hall–Kier alpha value is -3.48. The number of non-ortho nitro benzene ring substituents is 1. The first-order chi connectivity index (χ1) is 13.6. The second-order valence-electron chi connectivity index (χ2n) is 6.33. The molecule has 0 saturated heterocycles. The number of fused-ring (bicyclic) bond motifs is 1. The zero-order chi connectivity index (χ0) is 19.9. The number of nitrogens with one attached hydrogen (secondary N) is 1. The van der Waals surface area contributed by atoms with Gasteiger partial charge in [0.1, 0.15) is 0 Å². The molecule has 0 aliphatic heterocycles. The van der Waals surface area contributed by atoms with Gasteiger partial charge in [-0.15, -0.1) is 0 Å². The monoisotopic (exact) mass is 379 g/mol. The van der Waals surface area contributed by atoms with E-state index in [9.17, 15) is 14.9 Å². The number of pyridine rings is 1. The summed E-state index contributed by atoms with van der Waals surface area (Å²) in [5, 5.41) is 15.7. The van der Waals surface area contributed by atoms with Gasteiger partial charge >= 0.3 is 5.97 Å². The van der Waals surface area contributed by atoms with Gasteiger partial charge < -0.3 is 10.1 Å². The minimum absolute atomic E-state index is 0.000113. The van der Waals surface area contributed by atoms with E-state index in [4.69, 9.17) is 4.74 Å². The van der Waals surface area contributed by atoms with E-state index in [1.165, 1.54) is 12.3 Å². The predicted molar refractivity (Wildman–Crippen MR) is 107 cm³/mol. The summed E-state index contributed by atoms with van der Waals surface area (Å²) in [6, 6.07) is 14.6. The Balaban J connectivity index is 1.84. The number of rotatable bonds is 8. The summed E-state index contributed by atoms with van der Waals surface area (Å²) in [7, 11) is 0. The Morgan fingerprint density at radius 1 is 1.18 bits per heavy atom. The molecule has 7 nitrogen and oxygen atoms in total. The average Bonchev–Trinajstić information content (AvgIpc) is 2.71. The minimum atomic E-state index is -0.426. The molecule has 0 amide bonds. The Labute approximate surface area is 162 Å². The highest BCUT2D eigenvalue weighted by atomic mass is 16.6. The van der Waals surface area contributed by atoms with Crippen LogP contribution in [0.1, 0.15) is 12.5 Å². The van der Waals surface area contributed by atoms with Crippen LogP contribution in [0, 0.1) is 16.0 Å². The number of esters is 1. The molecular weight excluding hydrogens is 358 g/mol. The number of ether oxygens (including phenoxy) is 1. The van der Waals surface area contributed by atoms with Gasteiger partial charge in [-0.3, -0.25) is 19.9 Å². The van der Waals surface area contributed by atoms with Crippen molar-refractivity contribution in [1.82, 2.24) is 4.98 Å². The van der Waals surface area contributed by atoms with Crippen molar-refractivity contribution in [2.75, 3.05) is 18.5 Å². The Bertz CT molecular complexity index is 976. The van der Waals surface area contributed by atoms with Gasteiger partial charge in [-0.2, -0.15) is 0 Å². The van der Waals surface area contributed by atoms with Crippen LogP contribution in [0.15, 0.2) is 60.9 Å². The van der Waals surface area contributed by atoms with Crippen LogP contribution in [0.25, 0.3) is 10.8 Å². The number of nitro groups is 1. The number of carbonyl (C=O) groups is 1. The lowest BCUT2D eigenvalue weighted by Crippen LogP contribution is -2.27. The molecule has 144 valence electrons.